The van der Waals surface area contributed by atoms with Gasteiger partial charge in [-0.1, -0.05) is 0 Å². The molecule has 9 heteroatoms. The zero-order valence-electron chi connectivity index (χ0n) is 19.3. The van der Waals surface area contributed by atoms with Crippen molar-refractivity contribution < 1.29 is 14.3 Å². The fraction of sp³-hybridized carbons (Fsp3) is 0.458. The summed E-state index contributed by atoms with van der Waals surface area (Å²) >= 11 is 0. The van der Waals surface area contributed by atoms with Crippen LogP contribution in [0, 0.1) is 11.8 Å². The Morgan fingerprint density at radius 2 is 2.03 bits per heavy atom. The van der Waals surface area contributed by atoms with Crippen molar-refractivity contribution in [2.45, 2.75) is 6.42 Å². The fourth-order valence-corrected chi connectivity index (χ4v) is 4.74. The molecule has 1 aliphatic heterocycles. The van der Waals surface area contributed by atoms with Crippen LogP contribution < -0.4 is 20.1 Å². The maximum Gasteiger partial charge on any atom is 0.228 e. The van der Waals surface area contributed by atoms with Gasteiger partial charge >= 0.3 is 0 Å². The maximum atomic E-state index is 12.8. The molecule has 2 atom stereocenters. The third-order valence-corrected chi connectivity index (χ3v) is 6.69. The molecule has 1 amide bonds. The van der Waals surface area contributed by atoms with Crippen molar-refractivity contribution in [2.75, 3.05) is 52.3 Å². The van der Waals surface area contributed by atoms with E-state index in [0.29, 0.717) is 23.4 Å². The van der Waals surface area contributed by atoms with Gasteiger partial charge in [-0.05, 0) is 30.5 Å². The van der Waals surface area contributed by atoms with Crippen molar-refractivity contribution in [1.82, 2.24) is 24.8 Å². The monoisotopic (exact) mass is 450 g/mol. The number of nitrogens with zero attached hydrogens (tertiary/aromatic N) is 4. The third-order valence-electron chi connectivity index (χ3n) is 6.69. The molecule has 174 valence electrons. The quantitative estimate of drug-likeness (QED) is 0.570. The number of fused-ring (bicyclic) bond motifs is 1. The minimum atomic E-state index is 0.0636. The van der Waals surface area contributed by atoms with E-state index in [4.69, 9.17) is 9.47 Å². The lowest BCUT2D eigenvalue weighted by atomic mass is 10.1. The predicted molar refractivity (Wildman–Crippen MR) is 127 cm³/mol. The number of nitrogens with one attached hydrogen (secondary N) is 2. The lowest BCUT2D eigenvalue weighted by molar-refractivity contribution is -0.117. The Kier molecular flexibility index (Phi) is 5.90. The van der Waals surface area contributed by atoms with E-state index in [1.165, 1.54) is 0 Å². The Bertz CT molecular complexity index is 1150. The Morgan fingerprint density at radius 3 is 2.79 bits per heavy atom. The predicted octanol–water partition coefficient (Wildman–Crippen LogP) is 2.13. The van der Waals surface area contributed by atoms with Gasteiger partial charge in [-0.2, -0.15) is 0 Å². The van der Waals surface area contributed by atoms with Crippen LogP contribution in [-0.4, -0.2) is 72.3 Å². The van der Waals surface area contributed by atoms with Gasteiger partial charge in [-0.15, -0.1) is 0 Å². The summed E-state index contributed by atoms with van der Waals surface area (Å²) in [6.07, 6.45) is 4.40. The van der Waals surface area contributed by atoms with Crippen molar-refractivity contribution >= 4 is 22.6 Å². The molecule has 1 saturated carbocycles. The van der Waals surface area contributed by atoms with Crippen LogP contribution in [-0.2, 0) is 11.8 Å². The maximum absolute atomic E-state index is 12.8. The molecule has 4 heterocycles. The van der Waals surface area contributed by atoms with Crippen molar-refractivity contribution in [3.05, 3.63) is 30.6 Å². The van der Waals surface area contributed by atoms with Gasteiger partial charge in [0.05, 0.1) is 31.6 Å². The number of carbonyl (C=O) groups is 1. The molecular weight excluding hydrogens is 420 g/mol. The lowest BCUT2D eigenvalue weighted by Crippen LogP contribution is -2.44. The minimum absolute atomic E-state index is 0.0636. The zero-order valence-corrected chi connectivity index (χ0v) is 19.3. The van der Waals surface area contributed by atoms with Gasteiger partial charge in [-0.25, -0.2) is 9.97 Å². The number of hydrogen-bond donors (Lipinski definition) is 2. The topological polar surface area (TPSA) is 93.5 Å². The van der Waals surface area contributed by atoms with E-state index >= 15 is 0 Å². The van der Waals surface area contributed by atoms with Gasteiger partial charge in [0.2, 0.25) is 11.8 Å². The number of pyridine rings is 2. The molecule has 2 fully saturated rings. The Labute approximate surface area is 193 Å². The molecule has 3 aromatic rings. The standard InChI is InChI=1S/C24H30N6O3/c1-29-18(22-20(32-2)4-5-26-24(22)33-3)11-15-12-21(27-13-19(15)29)28-23(31)17-10-16(17)14-30-8-6-25-7-9-30/h4-5,11-13,16-17,25H,6-10,14H2,1-3H3,(H,27,28,31)/t16-,17+/m1/s1. The van der Waals surface area contributed by atoms with Gasteiger partial charge in [0.15, 0.2) is 0 Å². The summed E-state index contributed by atoms with van der Waals surface area (Å²) in [5.74, 6) is 2.33. The summed E-state index contributed by atoms with van der Waals surface area (Å²) in [4.78, 5) is 24.1. The number of methoxy groups -OCH3 is 2. The van der Waals surface area contributed by atoms with Gasteiger partial charge in [-0.3, -0.25) is 4.79 Å². The number of aromatic nitrogens is 3. The summed E-state index contributed by atoms with van der Waals surface area (Å²) in [6, 6.07) is 5.77. The molecule has 9 nitrogen and oxygen atoms in total. The van der Waals surface area contributed by atoms with Crippen molar-refractivity contribution in [2.24, 2.45) is 18.9 Å². The van der Waals surface area contributed by atoms with Gasteiger partial charge in [0.25, 0.3) is 0 Å². The SMILES string of the molecule is COc1ccnc(OC)c1-c1cc2cc(NC(=O)[C@H]3C[C@@H]3CN3CCNCC3)ncc2n1C. The number of piperazine rings is 1. The number of rotatable bonds is 7. The fourth-order valence-electron chi connectivity index (χ4n) is 4.74. The van der Waals surface area contributed by atoms with Crippen LogP contribution in [0.2, 0.25) is 0 Å². The second-order valence-corrected chi connectivity index (χ2v) is 8.76. The summed E-state index contributed by atoms with van der Waals surface area (Å²) in [7, 11) is 5.19. The summed E-state index contributed by atoms with van der Waals surface area (Å²) < 4.78 is 13.1. The largest absolute Gasteiger partial charge is 0.496 e. The molecule has 0 spiro atoms. The third kappa shape index (κ3) is 4.26. The van der Waals surface area contributed by atoms with Crippen LogP contribution >= 0.6 is 0 Å². The van der Waals surface area contributed by atoms with Crippen LogP contribution in [0.15, 0.2) is 30.6 Å². The van der Waals surface area contributed by atoms with Crippen LogP contribution in [0.4, 0.5) is 5.82 Å². The average molecular weight is 451 g/mol. The molecule has 3 aromatic heterocycles. The first-order valence-electron chi connectivity index (χ1n) is 11.4. The van der Waals surface area contributed by atoms with E-state index in [-0.39, 0.29) is 11.8 Å². The van der Waals surface area contributed by atoms with Crippen molar-refractivity contribution in [3.63, 3.8) is 0 Å². The van der Waals surface area contributed by atoms with Crippen molar-refractivity contribution in [3.8, 4) is 22.9 Å². The first kappa shape index (κ1) is 21.7. The highest BCUT2D eigenvalue weighted by molar-refractivity contribution is 5.96. The molecule has 2 aliphatic rings. The smallest absolute Gasteiger partial charge is 0.228 e. The number of aryl methyl sites for hydroxylation is 1. The Balaban J connectivity index is 1.33. The highest BCUT2D eigenvalue weighted by Gasteiger charge is 2.43. The molecule has 0 radical (unpaired) electrons. The molecule has 5 rings (SSSR count). The molecule has 0 unspecified atom stereocenters. The number of anilines is 1. The van der Waals surface area contributed by atoms with Crippen LogP contribution in [0.25, 0.3) is 22.2 Å². The first-order chi connectivity index (χ1) is 16.1. The molecule has 0 bridgehead atoms. The second-order valence-electron chi connectivity index (χ2n) is 8.76. The van der Waals surface area contributed by atoms with Gasteiger partial charge < -0.3 is 29.6 Å². The van der Waals surface area contributed by atoms with E-state index in [1.54, 1.807) is 26.6 Å². The van der Waals surface area contributed by atoms with Gasteiger partial charge in [0, 0.05) is 57.3 Å². The molecule has 1 aliphatic carbocycles. The second kappa shape index (κ2) is 8.99. The Hall–Kier alpha value is -3.17. The summed E-state index contributed by atoms with van der Waals surface area (Å²) in [5, 5.41) is 7.37. The average Bonchev–Trinajstić information content (AvgIpc) is 3.54. The Morgan fingerprint density at radius 1 is 1.21 bits per heavy atom. The lowest BCUT2D eigenvalue weighted by Gasteiger charge is -2.27. The first-order valence-corrected chi connectivity index (χ1v) is 11.4. The normalized spacial score (nSPS) is 20.6. The molecule has 1 saturated heterocycles. The highest BCUT2D eigenvalue weighted by Crippen LogP contribution is 2.41. The van der Waals surface area contributed by atoms with E-state index in [2.05, 4.69) is 25.5 Å². The van der Waals surface area contributed by atoms with Crippen LogP contribution in [0.3, 0.4) is 0 Å². The highest BCUT2D eigenvalue weighted by atomic mass is 16.5. The van der Waals surface area contributed by atoms with E-state index in [0.717, 1.165) is 61.3 Å². The number of ether oxygens (including phenoxy) is 2. The molecule has 2 N–H and O–H groups in total. The van der Waals surface area contributed by atoms with E-state index < -0.39 is 0 Å². The molecular formula is C24H30N6O3. The minimum Gasteiger partial charge on any atom is -0.496 e. The van der Waals surface area contributed by atoms with E-state index in [1.807, 2.05) is 29.8 Å². The number of carbonyl (C=O) groups excluding carboxylic acids is 1. The van der Waals surface area contributed by atoms with E-state index in [9.17, 15) is 4.79 Å². The number of hydrogen-bond acceptors (Lipinski definition) is 7. The summed E-state index contributed by atoms with van der Waals surface area (Å²) in [6.45, 7) is 5.19. The van der Waals surface area contributed by atoms with Crippen LogP contribution in [0.5, 0.6) is 11.6 Å². The number of amides is 1. The van der Waals surface area contributed by atoms with Crippen molar-refractivity contribution in [1.29, 1.82) is 0 Å². The zero-order chi connectivity index (χ0) is 22.9. The van der Waals surface area contributed by atoms with Crippen LogP contribution in [0.1, 0.15) is 6.42 Å². The summed E-state index contributed by atoms with van der Waals surface area (Å²) in [5.41, 5.74) is 2.62. The molecule has 0 aromatic carbocycles. The molecule has 33 heavy (non-hydrogen) atoms. The van der Waals surface area contributed by atoms with Gasteiger partial charge in [0.1, 0.15) is 17.1 Å².